The molecule has 0 fully saturated rings. The van der Waals surface area contributed by atoms with Gasteiger partial charge >= 0.3 is 0 Å². The summed E-state index contributed by atoms with van der Waals surface area (Å²) >= 11 is 8.62. The van der Waals surface area contributed by atoms with E-state index >= 15 is 0 Å². The molecule has 5 nitrogen and oxygen atoms in total. The summed E-state index contributed by atoms with van der Waals surface area (Å²) in [6, 6.07) is 11.7. The summed E-state index contributed by atoms with van der Waals surface area (Å²) in [6.45, 7) is 7.75. The number of thiazole rings is 1. The van der Waals surface area contributed by atoms with Crippen LogP contribution in [-0.4, -0.2) is 16.8 Å². The normalized spacial score (nSPS) is 10.9. The predicted octanol–water partition coefficient (Wildman–Crippen LogP) is 7.19. The SMILES string of the molecule is Cc1cc(C)c(NC(=O)c2sc(NC(=O)c3cscc3Cc3ccc(Cl)cc3)nc2C)c(C)c1. The number of nitrogens with zero attached hydrogens (tertiary/aromatic N) is 1. The maximum absolute atomic E-state index is 13.0. The van der Waals surface area contributed by atoms with E-state index in [1.54, 1.807) is 6.92 Å². The van der Waals surface area contributed by atoms with E-state index in [0.717, 1.165) is 33.5 Å². The number of hydrogen-bond acceptors (Lipinski definition) is 5. The molecule has 2 aromatic carbocycles. The largest absolute Gasteiger partial charge is 0.321 e. The number of nitrogens with one attached hydrogen (secondary N) is 2. The van der Waals surface area contributed by atoms with Crippen molar-refractivity contribution in [3.05, 3.63) is 96.1 Å². The van der Waals surface area contributed by atoms with Gasteiger partial charge in [0.2, 0.25) is 0 Å². The van der Waals surface area contributed by atoms with Gasteiger partial charge in [0.15, 0.2) is 5.13 Å². The van der Waals surface area contributed by atoms with E-state index in [2.05, 4.69) is 15.6 Å². The van der Waals surface area contributed by atoms with Gasteiger partial charge in [-0.15, -0.1) is 0 Å². The average molecular weight is 510 g/mol. The zero-order chi connectivity index (χ0) is 24.4. The molecule has 0 atom stereocenters. The summed E-state index contributed by atoms with van der Waals surface area (Å²) in [7, 11) is 0. The lowest BCUT2D eigenvalue weighted by Crippen LogP contribution is -2.13. The molecule has 0 aliphatic carbocycles. The van der Waals surface area contributed by atoms with Crippen LogP contribution >= 0.6 is 34.3 Å². The lowest BCUT2D eigenvalue weighted by molar-refractivity contribution is 0.101. The fourth-order valence-corrected chi connectivity index (χ4v) is 5.67. The second-order valence-electron chi connectivity index (χ2n) is 8.23. The molecule has 0 spiro atoms. The van der Waals surface area contributed by atoms with Gasteiger partial charge in [-0.25, -0.2) is 4.98 Å². The number of rotatable bonds is 6. The fourth-order valence-electron chi connectivity index (χ4n) is 3.85. The van der Waals surface area contributed by atoms with Gasteiger partial charge in [-0.05, 0) is 73.9 Å². The van der Waals surface area contributed by atoms with Crippen LogP contribution in [0, 0.1) is 27.7 Å². The van der Waals surface area contributed by atoms with Crippen molar-refractivity contribution in [2.45, 2.75) is 34.1 Å². The lowest BCUT2D eigenvalue weighted by atomic mass is 10.0. The maximum atomic E-state index is 13.0. The van der Waals surface area contributed by atoms with Gasteiger partial charge in [-0.1, -0.05) is 52.8 Å². The minimum Gasteiger partial charge on any atom is -0.321 e. The van der Waals surface area contributed by atoms with Crippen LogP contribution in [0.3, 0.4) is 0 Å². The third-order valence-electron chi connectivity index (χ3n) is 5.43. The Morgan fingerprint density at radius 1 is 0.941 bits per heavy atom. The molecule has 4 rings (SSSR count). The number of anilines is 2. The van der Waals surface area contributed by atoms with Crippen LogP contribution in [0.1, 0.15) is 53.5 Å². The summed E-state index contributed by atoms with van der Waals surface area (Å²) in [5.74, 6) is -0.472. The first kappa shape index (κ1) is 24.1. The second kappa shape index (κ2) is 10.1. The Kier molecular flexibility index (Phi) is 7.16. The van der Waals surface area contributed by atoms with Gasteiger partial charge in [-0.2, -0.15) is 11.3 Å². The zero-order valence-corrected chi connectivity index (χ0v) is 21.7. The van der Waals surface area contributed by atoms with Gasteiger partial charge in [0.05, 0.1) is 11.3 Å². The van der Waals surface area contributed by atoms with Crippen molar-refractivity contribution in [1.82, 2.24) is 4.98 Å². The van der Waals surface area contributed by atoms with Crippen LogP contribution in [-0.2, 0) is 6.42 Å². The Hall–Kier alpha value is -3.00. The third-order valence-corrected chi connectivity index (χ3v) is 7.55. The van der Waals surface area contributed by atoms with E-state index in [1.807, 2.05) is 67.9 Å². The zero-order valence-electron chi connectivity index (χ0n) is 19.3. The standard InChI is InChI=1S/C26H24ClN3O2S2/c1-14-9-15(2)22(16(3)10-14)29-25(32)23-17(4)28-26(34-23)30-24(31)21-13-33-12-19(21)11-18-5-7-20(27)8-6-18/h5-10,12-13H,11H2,1-4H3,(H,29,32)(H,28,30,31). The van der Waals surface area contributed by atoms with Crippen LogP contribution in [0.4, 0.5) is 10.8 Å². The molecule has 0 radical (unpaired) electrons. The number of aryl methyl sites for hydroxylation is 4. The van der Waals surface area contributed by atoms with Crippen LogP contribution in [0.2, 0.25) is 5.02 Å². The van der Waals surface area contributed by atoms with Crippen molar-refractivity contribution in [3.63, 3.8) is 0 Å². The molecule has 2 amide bonds. The Labute approximate surface area is 211 Å². The number of benzene rings is 2. The molecule has 0 aliphatic heterocycles. The molecule has 2 heterocycles. The summed E-state index contributed by atoms with van der Waals surface area (Å²) in [5.41, 5.74) is 7.15. The molecule has 0 unspecified atom stereocenters. The number of hydrogen-bond donors (Lipinski definition) is 2. The van der Waals surface area contributed by atoms with Crippen molar-refractivity contribution in [3.8, 4) is 0 Å². The highest BCUT2D eigenvalue weighted by atomic mass is 35.5. The lowest BCUT2D eigenvalue weighted by Gasteiger charge is -2.12. The van der Waals surface area contributed by atoms with Crippen LogP contribution < -0.4 is 10.6 Å². The molecule has 2 N–H and O–H groups in total. The van der Waals surface area contributed by atoms with Crippen molar-refractivity contribution in [2.24, 2.45) is 0 Å². The molecule has 8 heteroatoms. The third kappa shape index (κ3) is 5.38. The predicted molar refractivity (Wildman–Crippen MR) is 142 cm³/mol. The van der Waals surface area contributed by atoms with E-state index in [9.17, 15) is 9.59 Å². The Morgan fingerprint density at radius 3 is 2.29 bits per heavy atom. The van der Waals surface area contributed by atoms with Gasteiger partial charge in [0.25, 0.3) is 11.8 Å². The first-order chi connectivity index (χ1) is 16.2. The van der Waals surface area contributed by atoms with Crippen molar-refractivity contribution in [1.29, 1.82) is 0 Å². The average Bonchev–Trinajstić information content (AvgIpc) is 3.38. The molecule has 4 aromatic rings. The number of carbonyl (C=O) groups excluding carboxylic acids is 2. The van der Waals surface area contributed by atoms with Crippen molar-refractivity contribution < 1.29 is 9.59 Å². The summed E-state index contributed by atoms with van der Waals surface area (Å²) in [5, 5.41) is 10.8. The quantitative estimate of drug-likeness (QED) is 0.289. The van der Waals surface area contributed by atoms with Crippen molar-refractivity contribution >= 4 is 56.9 Å². The number of thiophene rings is 1. The highest BCUT2D eigenvalue weighted by Crippen LogP contribution is 2.28. The summed E-state index contributed by atoms with van der Waals surface area (Å²) < 4.78 is 0. The Morgan fingerprint density at radius 2 is 1.62 bits per heavy atom. The van der Waals surface area contributed by atoms with E-state index in [0.29, 0.717) is 32.7 Å². The minimum absolute atomic E-state index is 0.232. The second-order valence-corrected chi connectivity index (χ2v) is 10.4. The number of amides is 2. The molecule has 0 saturated heterocycles. The Balaban J connectivity index is 1.48. The van der Waals surface area contributed by atoms with Gasteiger partial charge in [0, 0.05) is 16.1 Å². The highest BCUT2D eigenvalue weighted by molar-refractivity contribution is 7.18. The highest BCUT2D eigenvalue weighted by Gasteiger charge is 2.20. The number of carbonyl (C=O) groups is 2. The van der Waals surface area contributed by atoms with E-state index in [4.69, 9.17) is 11.6 Å². The molecule has 0 aliphatic rings. The molecule has 0 bridgehead atoms. The molecule has 34 heavy (non-hydrogen) atoms. The molecule has 2 aromatic heterocycles. The van der Waals surface area contributed by atoms with Crippen LogP contribution in [0.25, 0.3) is 0 Å². The first-order valence-electron chi connectivity index (χ1n) is 10.7. The fraction of sp³-hybridized carbons (Fsp3) is 0.192. The molecule has 0 saturated carbocycles. The topological polar surface area (TPSA) is 71.1 Å². The first-order valence-corrected chi connectivity index (χ1v) is 12.8. The minimum atomic E-state index is -0.240. The summed E-state index contributed by atoms with van der Waals surface area (Å²) in [4.78, 5) is 30.8. The molecular weight excluding hydrogens is 486 g/mol. The monoisotopic (exact) mass is 509 g/mol. The van der Waals surface area contributed by atoms with Crippen LogP contribution in [0.15, 0.2) is 47.2 Å². The number of halogens is 1. The molecular formula is C26H24ClN3O2S2. The maximum Gasteiger partial charge on any atom is 0.267 e. The van der Waals surface area contributed by atoms with Gasteiger partial charge < -0.3 is 5.32 Å². The van der Waals surface area contributed by atoms with E-state index < -0.39 is 0 Å². The Bertz CT molecular complexity index is 1350. The smallest absolute Gasteiger partial charge is 0.267 e. The summed E-state index contributed by atoms with van der Waals surface area (Å²) in [6.07, 6.45) is 0.628. The van der Waals surface area contributed by atoms with Crippen molar-refractivity contribution in [2.75, 3.05) is 10.6 Å². The van der Waals surface area contributed by atoms with Gasteiger partial charge in [0.1, 0.15) is 4.88 Å². The van der Waals surface area contributed by atoms with E-state index in [1.165, 1.54) is 22.7 Å². The van der Waals surface area contributed by atoms with E-state index in [-0.39, 0.29) is 11.8 Å². The van der Waals surface area contributed by atoms with Crippen LogP contribution in [0.5, 0.6) is 0 Å². The number of aromatic nitrogens is 1. The molecule has 174 valence electrons. The van der Waals surface area contributed by atoms with Gasteiger partial charge in [-0.3, -0.25) is 14.9 Å².